The van der Waals surface area contributed by atoms with Gasteiger partial charge in [-0.1, -0.05) is 44.0 Å². The van der Waals surface area contributed by atoms with Gasteiger partial charge in [-0.05, 0) is 11.6 Å². The van der Waals surface area contributed by atoms with Gasteiger partial charge in [0.15, 0.2) is 0 Å². The number of halogens is 4. The summed E-state index contributed by atoms with van der Waals surface area (Å²) in [6.07, 6.45) is 0.202. The molecule has 0 aliphatic heterocycles. The lowest BCUT2D eigenvalue weighted by Crippen LogP contribution is -2.07. The van der Waals surface area contributed by atoms with E-state index in [1.807, 2.05) is 0 Å². The Kier molecular flexibility index (Phi) is 6.05. The van der Waals surface area contributed by atoms with Gasteiger partial charge < -0.3 is 4.74 Å². The largest absolute Gasteiger partial charge is 0.435 e. The first kappa shape index (κ1) is 14.6. The van der Waals surface area contributed by atoms with E-state index in [9.17, 15) is 13.6 Å². The van der Waals surface area contributed by atoms with Crippen LogP contribution in [0.4, 0.5) is 8.78 Å². The Morgan fingerprint density at radius 2 is 2.06 bits per heavy atom. The first-order valence-electron chi connectivity index (χ1n) is 4.77. The van der Waals surface area contributed by atoms with Gasteiger partial charge in [-0.3, -0.25) is 4.79 Å². The second-order valence-electron chi connectivity index (χ2n) is 3.30. The maximum Gasteiger partial charge on any atom is 0.387 e. The summed E-state index contributed by atoms with van der Waals surface area (Å²) in [5.74, 6) is 0.0938. The minimum Gasteiger partial charge on any atom is -0.435 e. The third-order valence-electron chi connectivity index (χ3n) is 2.04. The molecule has 0 N–H and O–H groups in total. The molecule has 2 nitrogen and oxygen atoms in total. The van der Waals surface area contributed by atoms with Crippen LogP contribution >= 0.6 is 31.9 Å². The molecule has 1 rings (SSSR count). The summed E-state index contributed by atoms with van der Waals surface area (Å²) >= 11 is 6.24. The average Bonchev–Trinajstić information content (AvgIpc) is 2.28. The maximum absolute atomic E-state index is 12.2. The van der Waals surface area contributed by atoms with Crippen molar-refractivity contribution in [3.05, 3.63) is 29.3 Å². The first-order valence-corrected chi connectivity index (χ1v) is 7.01. The monoisotopic (exact) mass is 370 g/mol. The fourth-order valence-electron chi connectivity index (χ4n) is 1.30. The summed E-state index contributed by atoms with van der Waals surface area (Å²) in [6, 6.07) is 4.88. The number of rotatable bonds is 6. The van der Waals surface area contributed by atoms with Crippen LogP contribution in [0.5, 0.6) is 5.75 Å². The number of ether oxygens (including phenoxy) is 1. The molecule has 1 aromatic rings. The molecular weight excluding hydrogens is 362 g/mol. The molecule has 0 aliphatic rings. The third-order valence-corrected chi connectivity index (χ3v) is 3.27. The molecule has 0 saturated heterocycles. The van der Waals surface area contributed by atoms with Crippen LogP contribution in [0.3, 0.4) is 0 Å². The molecule has 0 spiro atoms. The molecule has 0 radical (unpaired) electrons. The van der Waals surface area contributed by atoms with Crippen LogP contribution in [-0.2, 0) is 16.5 Å². The molecule has 0 atom stereocenters. The fourth-order valence-corrected chi connectivity index (χ4v) is 1.96. The van der Waals surface area contributed by atoms with Crippen molar-refractivity contribution in [1.29, 1.82) is 0 Å². The van der Waals surface area contributed by atoms with E-state index in [1.54, 1.807) is 12.1 Å². The van der Waals surface area contributed by atoms with Gasteiger partial charge in [0, 0.05) is 17.3 Å². The second-order valence-corrected chi connectivity index (χ2v) is 4.42. The van der Waals surface area contributed by atoms with Crippen LogP contribution in [0.15, 0.2) is 18.2 Å². The van der Waals surface area contributed by atoms with Crippen LogP contribution in [0.25, 0.3) is 0 Å². The minimum atomic E-state index is -2.87. The highest BCUT2D eigenvalue weighted by atomic mass is 79.9. The smallest absolute Gasteiger partial charge is 0.387 e. The number of carbonyl (C=O) groups excluding carboxylic acids is 1. The molecule has 1 aromatic carbocycles. The van der Waals surface area contributed by atoms with Crippen molar-refractivity contribution < 1.29 is 18.3 Å². The van der Waals surface area contributed by atoms with E-state index >= 15 is 0 Å². The Hall–Kier alpha value is -0.490. The fraction of sp³-hybridized carbons (Fsp3) is 0.364. The molecule has 0 bridgehead atoms. The lowest BCUT2D eigenvalue weighted by molar-refractivity contribution is -0.115. The zero-order valence-corrected chi connectivity index (χ0v) is 11.9. The molecule has 0 amide bonds. The number of benzene rings is 1. The molecule has 0 aromatic heterocycles. The lowest BCUT2D eigenvalue weighted by atomic mass is 10.1. The van der Waals surface area contributed by atoms with Crippen molar-refractivity contribution in [1.82, 2.24) is 0 Å². The van der Waals surface area contributed by atoms with E-state index in [0.717, 1.165) is 0 Å². The van der Waals surface area contributed by atoms with Gasteiger partial charge in [-0.15, -0.1) is 0 Å². The zero-order chi connectivity index (χ0) is 12.8. The van der Waals surface area contributed by atoms with Crippen LogP contribution in [0.2, 0.25) is 0 Å². The molecule has 0 saturated carbocycles. The minimum absolute atomic E-state index is 0.0143. The Balaban J connectivity index is 2.91. The molecule has 0 fully saturated rings. The Morgan fingerprint density at radius 1 is 1.35 bits per heavy atom. The van der Waals surface area contributed by atoms with Gasteiger partial charge in [0.25, 0.3) is 0 Å². The molecule has 0 aliphatic carbocycles. The number of Topliss-reactive ketones (excluding diaryl/α,β-unsaturated/α-hetero) is 1. The summed E-state index contributed by atoms with van der Waals surface area (Å²) in [5.41, 5.74) is 1.29. The summed E-state index contributed by atoms with van der Waals surface area (Å²) in [7, 11) is 0. The lowest BCUT2D eigenvalue weighted by Gasteiger charge is -2.10. The van der Waals surface area contributed by atoms with Crippen LogP contribution in [-0.4, -0.2) is 17.7 Å². The number of hydrogen-bond acceptors (Lipinski definition) is 2. The molecule has 0 unspecified atom stereocenters. The number of alkyl halides is 4. The van der Waals surface area contributed by atoms with Crippen LogP contribution in [0.1, 0.15) is 11.1 Å². The Morgan fingerprint density at radius 3 is 2.59 bits per heavy atom. The van der Waals surface area contributed by atoms with Gasteiger partial charge in [-0.2, -0.15) is 8.78 Å². The van der Waals surface area contributed by atoms with Gasteiger partial charge in [0.1, 0.15) is 11.5 Å². The SMILES string of the molecule is O=C(CBr)Cc1ccc(CBr)c(OC(F)F)c1. The predicted molar refractivity (Wildman–Crippen MR) is 68.2 cm³/mol. The van der Waals surface area contributed by atoms with Gasteiger partial charge in [-0.25, -0.2) is 0 Å². The van der Waals surface area contributed by atoms with Crippen molar-refractivity contribution in [2.24, 2.45) is 0 Å². The number of ketones is 1. The predicted octanol–water partition coefficient (Wildman–Crippen LogP) is 3.69. The summed E-state index contributed by atoms with van der Waals surface area (Å²) in [5, 5.41) is 0.667. The first-order chi connectivity index (χ1) is 8.06. The van der Waals surface area contributed by atoms with Gasteiger partial charge >= 0.3 is 6.61 Å². The van der Waals surface area contributed by atoms with Crippen molar-refractivity contribution >= 4 is 37.6 Å². The summed E-state index contributed by atoms with van der Waals surface area (Å²) in [4.78, 5) is 11.2. The normalized spacial score (nSPS) is 10.6. The van der Waals surface area contributed by atoms with Crippen molar-refractivity contribution in [3.63, 3.8) is 0 Å². The van der Waals surface area contributed by atoms with Crippen molar-refractivity contribution in [2.45, 2.75) is 18.4 Å². The Labute approximate surface area is 115 Å². The van der Waals surface area contributed by atoms with E-state index in [4.69, 9.17) is 0 Å². The van der Waals surface area contributed by atoms with E-state index in [-0.39, 0.29) is 23.3 Å². The van der Waals surface area contributed by atoms with Gasteiger partial charge in [0.05, 0.1) is 5.33 Å². The van der Waals surface area contributed by atoms with Crippen LogP contribution < -0.4 is 4.74 Å². The van der Waals surface area contributed by atoms with E-state index in [0.29, 0.717) is 16.5 Å². The van der Waals surface area contributed by atoms with E-state index in [1.165, 1.54) is 6.07 Å². The zero-order valence-electron chi connectivity index (χ0n) is 8.76. The maximum atomic E-state index is 12.2. The summed E-state index contributed by atoms with van der Waals surface area (Å²) < 4.78 is 28.8. The highest BCUT2D eigenvalue weighted by molar-refractivity contribution is 9.09. The number of carbonyl (C=O) groups is 1. The molecule has 17 heavy (non-hydrogen) atoms. The van der Waals surface area contributed by atoms with Gasteiger partial charge in [0.2, 0.25) is 0 Å². The quantitative estimate of drug-likeness (QED) is 0.713. The molecule has 0 heterocycles. The van der Waals surface area contributed by atoms with E-state index < -0.39 is 6.61 Å². The highest BCUT2D eigenvalue weighted by Crippen LogP contribution is 2.25. The highest BCUT2D eigenvalue weighted by Gasteiger charge is 2.11. The standard InChI is InChI=1S/C11H10Br2F2O2/c12-5-8-2-1-7(3-9(16)6-13)4-10(8)17-11(14)15/h1-2,4,11H,3,5-6H2. The molecular formula is C11H10Br2F2O2. The van der Waals surface area contributed by atoms with E-state index in [2.05, 4.69) is 36.6 Å². The molecule has 6 heteroatoms. The third kappa shape index (κ3) is 4.71. The van der Waals surface area contributed by atoms with Crippen LogP contribution in [0, 0.1) is 0 Å². The molecule has 94 valence electrons. The Bertz CT molecular complexity index is 397. The average molecular weight is 372 g/mol. The topological polar surface area (TPSA) is 26.3 Å². The van der Waals surface area contributed by atoms with Crippen molar-refractivity contribution in [3.8, 4) is 5.75 Å². The second kappa shape index (κ2) is 7.06. The van der Waals surface area contributed by atoms with Crippen molar-refractivity contribution in [2.75, 3.05) is 5.33 Å². The number of hydrogen-bond donors (Lipinski definition) is 0. The summed E-state index contributed by atoms with van der Waals surface area (Å²) in [6.45, 7) is -2.87.